The molecule has 1 fully saturated rings. The van der Waals surface area contributed by atoms with Crippen LogP contribution in [0.3, 0.4) is 0 Å². The molecule has 1 unspecified atom stereocenters. The van der Waals surface area contributed by atoms with Crippen LogP contribution in [0.25, 0.3) is 0 Å². The van der Waals surface area contributed by atoms with Crippen LogP contribution in [0.2, 0.25) is 0 Å². The van der Waals surface area contributed by atoms with Crippen LogP contribution in [-0.4, -0.2) is 48.9 Å². The molecular formula is C16H24N2O. The Labute approximate surface area is 116 Å². The molecule has 1 amide bonds. The number of benzene rings is 1. The van der Waals surface area contributed by atoms with E-state index < -0.39 is 0 Å². The van der Waals surface area contributed by atoms with Crippen LogP contribution in [0.5, 0.6) is 0 Å². The third kappa shape index (κ3) is 3.35. The monoisotopic (exact) mass is 260 g/mol. The van der Waals surface area contributed by atoms with Gasteiger partial charge >= 0.3 is 0 Å². The number of carbonyl (C=O) groups is 1. The minimum atomic E-state index is 0.170. The summed E-state index contributed by atoms with van der Waals surface area (Å²) in [5.74, 6) is 0.733. The van der Waals surface area contributed by atoms with Gasteiger partial charge in [0.25, 0.3) is 5.91 Å². The zero-order valence-corrected chi connectivity index (χ0v) is 12.2. The average Bonchev–Trinajstić information content (AvgIpc) is 2.46. The number of hydrogen-bond donors (Lipinski definition) is 0. The van der Waals surface area contributed by atoms with Crippen molar-refractivity contribution in [2.75, 3.05) is 33.2 Å². The summed E-state index contributed by atoms with van der Waals surface area (Å²) in [6, 6.07) is 8.14. The largest absolute Gasteiger partial charge is 0.336 e. The first-order chi connectivity index (χ1) is 9.11. The lowest BCUT2D eigenvalue weighted by atomic mass is 9.97. The molecule has 104 valence electrons. The van der Waals surface area contributed by atoms with Crippen molar-refractivity contribution in [2.24, 2.45) is 0 Å². The molecular weight excluding hydrogens is 236 g/mol. The standard InChI is InChI=1S/C16H24N2O/c1-4-13(2)14-5-7-15(8-6-14)16(19)18-11-9-17(3)10-12-18/h5-8,13H,4,9-12H2,1-3H3. The van der Waals surface area contributed by atoms with E-state index >= 15 is 0 Å². The summed E-state index contributed by atoms with van der Waals surface area (Å²) in [5.41, 5.74) is 2.13. The molecule has 2 rings (SSSR count). The van der Waals surface area contributed by atoms with Gasteiger partial charge in [-0.05, 0) is 37.1 Å². The number of likely N-dealkylation sites (N-methyl/N-ethyl adjacent to an activating group) is 1. The van der Waals surface area contributed by atoms with Gasteiger partial charge < -0.3 is 9.80 Å². The Bertz CT molecular complexity index is 419. The maximum atomic E-state index is 12.4. The molecule has 1 aromatic rings. The molecule has 0 N–H and O–H groups in total. The molecule has 0 spiro atoms. The van der Waals surface area contributed by atoms with Crippen LogP contribution in [0.1, 0.15) is 42.1 Å². The summed E-state index contributed by atoms with van der Waals surface area (Å²) >= 11 is 0. The molecule has 1 saturated heterocycles. The van der Waals surface area contributed by atoms with Gasteiger partial charge in [-0.25, -0.2) is 0 Å². The number of amides is 1. The predicted octanol–water partition coefficient (Wildman–Crippen LogP) is 2.59. The number of hydrogen-bond acceptors (Lipinski definition) is 2. The molecule has 1 atom stereocenters. The van der Waals surface area contributed by atoms with Gasteiger partial charge in [-0.1, -0.05) is 26.0 Å². The summed E-state index contributed by atoms with van der Waals surface area (Å²) in [5, 5.41) is 0. The van der Waals surface area contributed by atoms with Crippen molar-refractivity contribution in [3.05, 3.63) is 35.4 Å². The van der Waals surface area contributed by atoms with E-state index in [9.17, 15) is 4.79 Å². The lowest BCUT2D eigenvalue weighted by Gasteiger charge is -2.32. The fourth-order valence-electron chi connectivity index (χ4n) is 2.38. The third-order valence-corrected chi connectivity index (χ3v) is 4.13. The third-order valence-electron chi connectivity index (χ3n) is 4.13. The Morgan fingerprint density at radius 2 is 1.74 bits per heavy atom. The van der Waals surface area contributed by atoms with Gasteiger partial charge in [0.05, 0.1) is 0 Å². The van der Waals surface area contributed by atoms with Crippen LogP contribution in [0.4, 0.5) is 0 Å². The molecule has 0 radical (unpaired) electrons. The van der Waals surface area contributed by atoms with Crippen molar-refractivity contribution in [3.63, 3.8) is 0 Å². The first-order valence-electron chi connectivity index (χ1n) is 7.19. The maximum absolute atomic E-state index is 12.4. The minimum absolute atomic E-state index is 0.170. The first-order valence-corrected chi connectivity index (χ1v) is 7.19. The van der Waals surface area contributed by atoms with Gasteiger partial charge in [-0.3, -0.25) is 4.79 Å². The van der Waals surface area contributed by atoms with Gasteiger partial charge in [0.15, 0.2) is 0 Å². The molecule has 0 aromatic heterocycles. The quantitative estimate of drug-likeness (QED) is 0.834. The van der Waals surface area contributed by atoms with E-state index in [2.05, 4.69) is 37.9 Å². The van der Waals surface area contributed by atoms with Crippen molar-refractivity contribution in [2.45, 2.75) is 26.2 Å². The summed E-state index contributed by atoms with van der Waals surface area (Å²) in [4.78, 5) is 16.6. The number of carbonyl (C=O) groups excluding carboxylic acids is 1. The second-order valence-corrected chi connectivity index (χ2v) is 5.53. The molecule has 19 heavy (non-hydrogen) atoms. The number of nitrogens with zero attached hydrogens (tertiary/aromatic N) is 2. The molecule has 1 aliphatic heterocycles. The van der Waals surface area contributed by atoms with Crippen molar-refractivity contribution in [3.8, 4) is 0 Å². The van der Waals surface area contributed by atoms with Gasteiger partial charge in [0, 0.05) is 31.7 Å². The van der Waals surface area contributed by atoms with Crippen LogP contribution in [-0.2, 0) is 0 Å². The van der Waals surface area contributed by atoms with Gasteiger partial charge in [0.1, 0.15) is 0 Å². The Morgan fingerprint density at radius 1 is 1.16 bits per heavy atom. The molecule has 1 aromatic carbocycles. The predicted molar refractivity (Wildman–Crippen MR) is 78.5 cm³/mol. The molecule has 0 bridgehead atoms. The van der Waals surface area contributed by atoms with Crippen molar-refractivity contribution >= 4 is 5.91 Å². The molecule has 3 nitrogen and oxygen atoms in total. The van der Waals surface area contributed by atoms with E-state index in [-0.39, 0.29) is 5.91 Å². The summed E-state index contributed by atoms with van der Waals surface area (Å²) in [6.07, 6.45) is 1.13. The highest BCUT2D eigenvalue weighted by molar-refractivity contribution is 5.94. The second kappa shape index (κ2) is 6.20. The molecule has 0 aliphatic carbocycles. The summed E-state index contributed by atoms with van der Waals surface area (Å²) in [7, 11) is 2.10. The maximum Gasteiger partial charge on any atom is 0.253 e. The highest BCUT2D eigenvalue weighted by atomic mass is 16.2. The van der Waals surface area contributed by atoms with E-state index in [0.717, 1.165) is 38.2 Å². The van der Waals surface area contributed by atoms with Crippen LogP contribution < -0.4 is 0 Å². The van der Waals surface area contributed by atoms with Gasteiger partial charge in [0.2, 0.25) is 0 Å². The Hall–Kier alpha value is -1.35. The first kappa shape index (κ1) is 14.1. The van der Waals surface area contributed by atoms with E-state index in [1.165, 1.54) is 5.56 Å². The molecule has 1 aliphatic rings. The Morgan fingerprint density at radius 3 is 2.26 bits per heavy atom. The second-order valence-electron chi connectivity index (χ2n) is 5.53. The topological polar surface area (TPSA) is 23.6 Å². The van der Waals surface area contributed by atoms with E-state index in [1.807, 2.05) is 17.0 Å². The van der Waals surface area contributed by atoms with Crippen LogP contribution in [0, 0.1) is 0 Å². The SMILES string of the molecule is CCC(C)c1ccc(C(=O)N2CCN(C)CC2)cc1. The van der Waals surface area contributed by atoms with Crippen LogP contribution >= 0.6 is 0 Å². The smallest absolute Gasteiger partial charge is 0.253 e. The van der Waals surface area contributed by atoms with Crippen molar-refractivity contribution in [1.82, 2.24) is 9.80 Å². The minimum Gasteiger partial charge on any atom is -0.336 e. The highest BCUT2D eigenvalue weighted by Crippen LogP contribution is 2.19. The highest BCUT2D eigenvalue weighted by Gasteiger charge is 2.20. The fourth-order valence-corrected chi connectivity index (χ4v) is 2.38. The Kier molecular flexibility index (Phi) is 4.59. The normalized spacial score (nSPS) is 18.4. The summed E-state index contributed by atoms with van der Waals surface area (Å²) in [6.45, 7) is 8.02. The average molecular weight is 260 g/mol. The lowest BCUT2D eigenvalue weighted by molar-refractivity contribution is 0.0664. The van der Waals surface area contributed by atoms with E-state index in [4.69, 9.17) is 0 Å². The Balaban J connectivity index is 2.03. The van der Waals surface area contributed by atoms with Crippen molar-refractivity contribution in [1.29, 1.82) is 0 Å². The number of rotatable bonds is 3. The fraction of sp³-hybridized carbons (Fsp3) is 0.562. The van der Waals surface area contributed by atoms with E-state index in [1.54, 1.807) is 0 Å². The number of piperazine rings is 1. The van der Waals surface area contributed by atoms with Crippen molar-refractivity contribution < 1.29 is 4.79 Å². The molecule has 0 saturated carbocycles. The van der Waals surface area contributed by atoms with Gasteiger partial charge in [-0.15, -0.1) is 0 Å². The van der Waals surface area contributed by atoms with Crippen LogP contribution in [0.15, 0.2) is 24.3 Å². The summed E-state index contributed by atoms with van der Waals surface area (Å²) < 4.78 is 0. The lowest BCUT2D eigenvalue weighted by Crippen LogP contribution is -2.47. The van der Waals surface area contributed by atoms with E-state index in [0.29, 0.717) is 5.92 Å². The van der Waals surface area contributed by atoms with Gasteiger partial charge in [-0.2, -0.15) is 0 Å². The molecule has 3 heteroatoms. The zero-order valence-electron chi connectivity index (χ0n) is 12.2. The molecule has 1 heterocycles. The zero-order chi connectivity index (χ0) is 13.8.